The lowest BCUT2D eigenvalue weighted by atomic mass is 9.87. The van der Waals surface area contributed by atoms with Crippen LogP contribution in [0, 0.1) is 22.2 Å². The van der Waals surface area contributed by atoms with E-state index in [1.807, 2.05) is 54.6 Å². The Bertz CT molecular complexity index is 1030. The van der Waals surface area contributed by atoms with E-state index in [4.69, 9.17) is 9.47 Å². The molecule has 0 radical (unpaired) electrons. The quantitative estimate of drug-likeness (QED) is 0.552. The molecule has 0 saturated heterocycles. The first kappa shape index (κ1) is 21.4. The highest BCUT2D eigenvalue weighted by atomic mass is 16.5. The number of hydrogen-bond donors (Lipinski definition) is 0. The van der Waals surface area contributed by atoms with Crippen LogP contribution >= 0.6 is 0 Å². The van der Waals surface area contributed by atoms with Crippen LogP contribution < -0.4 is 0 Å². The molecule has 0 fully saturated rings. The third-order valence-electron chi connectivity index (χ3n) is 4.80. The Morgan fingerprint density at radius 2 is 1.43 bits per heavy atom. The molecule has 1 aromatic rings. The van der Waals surface area contributed by atoms with Crippen LogP contribution in [0.3, 0.4) is 0 Å². The van der Waals surface area contributed by atoms with Crippen LogP contribution in [-0.4, -0.2) is 5.97 Å². The number of esters is 1. The summed E-state index contributed by atoms with van der Waals surface area (Å²) in [4.78, 5) is 12.2. The normalized spacial score (nSPS) is 18.5. The molecule has 0 saturated carbocycles. The second-order valence-electron chi connectivity index (χ2n) is 9.43. The molecule has 0 bridgehead atoms. The lowest BCUT2D eigenvalue weighted by Crippen LogP contribution is -2.21. The van der Waals surface area contributed by atoms with Crippen molar-refractivity contribution in [2.24, 2.45) is 10.8 Å². The van der Waals surface area contributed by atoms with Crippen molar-refractivity contribution in [2.45, 2.75) is 41.5 Å². The van der Waals surface area contributed by atoms with Crippen molar-refractivity contribution < 1.29 is 14.3 Å². The highest BCUT2D eigenvalue weighted by molar-refractivity contribution is 6.10. The maximum Gasteiger partial charge on any atom is 0.355 e. The SMILES string of the molecule is CC(C)(C)C1=CC(=C/C=C2/OC(=O)C(C#N)=C2c2ccccc2)C=C(C(C)(C)C)O1. The summed E-state index contributed by atoms with van der Waals surface area (Å²) in [6, 6.07) is 11.3. The van der Waals surface area contributed by atoms with Gasteiger partial charge < -0.3 is 9.47 Å². The number of ether oxygens (including phenoxy) is 2. The Morgan fingerprint density at radius 1 is 0.867 bits per heavy atom. The summed E-state index contributed by atoms with van der Waals surface area (Å²) < 4.78 is 11.6. The number of allylic oxidation sites excluding steroid dienone is 8. The van der Waals surface area contributed by atoms with Gasteiger partial charge in [-0.2, -0.15) is 5.26 Å². The number of cyclic esters (lactones) is 1. The summed E-state index contributed by atoms with van der Waals surface area (Å²) in [6.45, 7) is 12.6. The van der Waals surface area contributed by atoms with E-state index >= 15 is 0 Å². The number of nitriles is 1. The van der Waals surface area contributed by atoms with Crippen molar-refractivity contribution in [2.75, 3.05) is 0 Å². The lowest BCUT2D eigenvalue weighted by Gasteiger charge is -2.32. The summed E-state index contributed by atoms with van der Waals surface area (Å²) in [5.74, 6) is 1.50. The first-order valence-corrected chi connectivity index (χ1v) is 9.97. The van der Waals surface area contributed by atoms with E-state index in [2.05, 4.69) is 41.5 Å². The van der Waals surface area contributed by atoms with E-state index in [1.54, 1.807) is 6.08 Å². The third-order valence-corrected chi connectivity index (χ3v) is 4.80. The molecule has 0 atom stereocenters. The number of nitrogens with zero attached hydrogens (tertiary/aromatic N) is 1. The van der Waals surface area contributed by atoms with Crippen LogP contribution in [0.1, 0.15) is 47.1 Å². The predicted molar refractivity (Wildman–Crippen MR) is 117 cm³/mol. The van der Waals surface area contributed by atoms with Crippen LogP contribution in [-0.2, 0) is 14.3 Å². The minimum atomic E-state index is -0.621. The third kappa shape index (κ3) is 4.46. The molecule has 30 heavy (non-hydrogen) atoms. The molecule has 3 rings (SSSR count). The van der Waals surface area contributed by atoms with Gasteiger partial charge in [-0.05, 0) is 29.4 Å². The second-order valence-corrected chi connectivity index (χ2v) is 9.43. The van der Waals surface area contributed by atoms with Crippen molar-refractivity contribution in [1.82, 2.24) is 0 Å². The van der Waals surface area contributed by atoms with Crippen LogP contribution in [0.2, 0.25) is 0 Å². The molecule has 0 aromatic heterocycles. The highest BCUT2D eigenvalue weighted by Gasteiger charge is 2.31. The molecule has 0 unspecified atom stereocenters. The zero-order chi connectivity index (χ0) is 22.1. The van der Waals surface area contributed by atoms with Crippen molar-refractivity contribution in [3.63, 3.8) is 0 Å². The first-order valence-electron chi connectivity index (χ1n) is 9.97. The molecule has 2 aliphatic heterocycles. The zero-order valence-corrected chi connectivity index (χ0v) is 18.4. The summed E-state index contributed by atoms with van der Waals surface area (Å²) in [5.41, 5.74) is 1.95. The van der Waals surface area contributed by atoms with E-state index in [0.717, 1.165) is 22.7 Å². The average Bonchev–Trinajstić information content (AvgIpc) is 3.00. The van der Waals surface area contributed by atoms with Gasteiger partial charge >= 0.3 is 5.97 Å². The van der Waals surface area contributed by atoms with Crippen molar-refractivity contribution in [1.29, 1.82) is 5.26 Å². The molecular weight excluding hydrogens is 374 g/mol. The first-order chi connectivity index (χ1) is 14.0. The Hall–Kier alpha value is -3.32. The Morgan fingerprint density at radius 3 is 1.93 bits per heavy atom. The number of hydrogen-bond acceptors (Lipinski definition) is 4. The molecule has 0 N–H and O–H groups in total. The molecule has 1 aromatic carbocycles. The maximum atomic E-state index is 12.2. The molecule has 0 spiro atoms. The second kappa shape index (κ2) is 7.84. The van der Waals surface area contributed by atoms with Gasteiger partial charge in [-0.25, -0.2) is 4.79 Å². The summed E-state index contributed by atoms with van der Waals surface area (Å²) >= 11 is 0. The molecule has 2 heterocycles. The van der Waals surface area contributed by atoms with Crippen molar-refractivity contribution >= 4 is 11.5 Å². The van der Waals surface area contributed by atoms with Gasteiger partial charge in [0, 0.05) is 16.4 Å². The topological polar surface area (TPSA) is 59.3 Å². The molecule has 0 amide bonds. The van der Waals surface area contributed by atoms with Crippen molar-refractivity contribution in [3.05, 3.63) is 88.6 Å². The molecular formula is C26H27NO3. The summed E-state index contributed by atoms with van der Waals surface area (Å²) in [6.07, 6.45) is 7.64. The average molecular weight is 402 g/mol. The van der Waals surface area contributed by atoms with Crippen molar-refractivity contribution in [3.8, 4) is 6.07 Å². The van der Waals surface area contributed by atoms with Gasteiger partial charge in [0.1, 0.15) is 28.9 Å². The number of carbonyl (C=O) groups is 1. The van der Waals surface area contributed by atoms with Crippen LogP contribution in [0.5, 0.6) is 0 Å². The number of rotatable bonds is 2. The Labute approximate surface area is 178 Å². The fourth-order valence-electron chi connectivity index (χ4n) is 3.07. The van der Waals surface area contributed by atoms with Crippen LogP contribution in [0.25, 0.3) is 5.57 Å². The van der Waals surface area contributed by atoms with Gasteiger partial charge in [0.25, 0.3) is 0 Å². The zero-order valence-electron chi connectivity index (χ0n) is 18.4. The van der Waals surface area contributed by atoms with Gasteiger partial charge in [0.2, 0.25) is 0 Å². The summed E-state index contributed by atoms with van der Waals surface area (Å²) in [5, 5.41) is 9.46. The molecule has 4 nitrogen and oxygen atoms in total. The van der Waals surface area contributed by atoms with E-state index in [9.17, 15) is 10.1 Å². The monoisotopic (exact) mass is 401 g/mol. The van der Waals surface area contributed by atoms with Crippen LogP contribution in [0.4, 0.5) is 0 Å². The molecule has 154 valence electrons. The van der Waals surface area contributed by atoms with Gasteiger partial charge in [-0.15, -0.1) is 0 Å². The number of carbonyl (C=O) groups excluding carboxylic acids is 1. The Kier molecular flexibility index (Phi) is 5.59. The number of benzene rings is 1. The predicted octanol–water partition coefficient (Wildman–Crippen LogP) is 6.22. The Balaban J connectivity index is 2.09. The smallest absolute Gasteiger partial charge is 0.355 e. The van der Waals surface area contributed by atoms with Gasteiger partial charge in [0.15, 0.2) is 0 Å². The molecule has 2 aliphatic rings. The van der Waals surface area contributed by atoms with E-state index < -0.39 is 5.97 Å². The minimum absolute atomic E-state index is 0.0228. The molecule has 4 heteroatoms. The minimum Gasteiger partial charge on any atom is -0.465 e. The standard InChI is InChI=1S/C26H27NO3/c1-25(2,3)21-14-17(15-22(30-21)26(4,5)6)12-13-20-23(18-10-8-7-9-11-18)19(16-27)24(28)29-20/h7-15H,1-6H3/b20-13+. The van der Waals surface area contributed by atoms with E-state index in [-0.39, 0.29) is 16.4 Å². The largest absolute Gasteiger partial charge is 0.465 e. The molecule has 0 aliphatic carbocycles. The van der Waals surface area contributed by atoms with E-state index in [1.165, 1.54) is 0 Å². The van der Waals surface area contributed by atoms with E-state index in [0.29, 0.717) is 11.3 Å². The fraction of sp³-hybridized carbons (Fsp3) is 0.308. The van der Waals surface area contributed by atoms with Crippen LogP contribution in [0.15, 0.2) is 83.1 Å². The summed E-state index contributed by atoms with van der Waals surface area (Å²) in [7, 11) is 0. The van der Waals surface area contributed by atoms with Gasteiger partial charge in [-0.3, -0.25) is 0 Å². The van der Waals surface area contributed by atoms with Gasteiger partial charge in [-0.1, -0.05) is 78.0 Å². The maximum absolute atomic E-state index is 12.2. The van der Waals surface area contributed by atoms with Gasteiger partial charge in [0.05, 0.1) is 0 Å². The fourth-order valence-corrected chi connectivity index (χ4v) is 3.07. The lowest BCUT2D eigenvalue weighted by molar-refractivity contribution is -0.132. The highest BCUT2D eigenvalue weighted by Crippen LogP contribution is 2.39.